The van der Waals surface area contributed by atoms with Crippen LogP contribution in [-0.4, -0.2) is 32.5 Å². The highest BCUT2D eigenvalue weighted by molar-refractivity contribution is 8.00. The van der Waals surface area contributed by atoms with Crippen molar-refractivity contribution in [3.05, 3.63) is 24.3 Å². The van der Waals surface area contributed by atoms with Crippen molar-refractivity contribution in [2.45, 2.75) is 29.4 Å². The van der Waals surface area contributed by atoms with Crippen LogP contribution >= 0.6 is 11.8 Å². The molecule has 1 heterocycles. The Kier molecular flexibility index (Phi) is 4.43. The van der Waals surface area contributed by atoms with E-state index in [4.69, 9.17) is 0 Å². The van der Waals surface area contributed by atoms with Gasteiger partial charge in [-0.05, 0) is 44.7 Å². The maximum absolute atomic E-state index is 11.9. The van der Waals surface area contributed by atoms with E-state index in [2.05, 4.69) is 17.0 Å². The summed E-state index contributed by atoms with van der Waals surface area (Å²) in [7, 11) is -1.98. The first-order valence-electron chi connectivity index (χ1n) is 6.37. The summed E-state index contributed by atoms with van der Waals surface area (Å²) in [6, 6.07) is 7.02. The lowest BCUT2D eigenvalue weighted by Gasteiger charge is -2.24. The zero-order valence-corrected chi connectivity index (χ0v) is 12.9. The zero-order chi connectivity index (χ0) is 13.9. The maximum atomic E-state index is 11.9. The first kappa shape index (κ1) is 14.7. The largest absolute Gasteiger partial charge is 0.383 e. The Balaban J connectivity index is 2.17. The predicted octanol–water partition coefficient (Wildman–Crippen LogP) is 2.29. The predicted molar refractivity (Wildman–Crippen MR) is 81.3 cm³/mol. The van der Waals surface area contributed by atoms with E-state index >= 15 is 0 Å². The number of thioether (sulfide) groups is 1. The van der Waals surface area contributed by atoms with Gasteiger partial charge in [-0.2, -0.15) is 11.8 Å². The number of para-hydroxylation sites is 1. The van der Waals surface area contributed by atoms with Crippen LogP contribution in [0.5, 0.6) is 0 Å². The second-order valence-electron chi connectivity index (χ2n) is 4.96. The van der Waals surface area contributed by atoms with Gasteiger partial charge in [-0.1, -0.05) is 12.1 Å². The molecule has 0 aliphatic carbocycles. The van der Waals surface area contributed by atoms with Gasteiger partial charge in [0.05, 0.1) is 5.69 Å². The molecule has 0 bridgehead atoms. The van der Waals surface area contributed by atoms with Gasteiger partial charge in [-0.3, -0.25) is 0 Å². The quantitative estimate of drug-likeness (QED) is 0.876. The van der Waals surface area contributed by atoms with Crippen molar-refractivity contribution in [3.63, 3.8) is 0 Å². The first-order chi connectivity index (χ1) is 8.97. The summed E-state index contributed by atoms with van der Waals surface area (Å²) in [5.74, 6) is 1.19. The van der Waals surface area contributed by atoms with Crippen LogP contribution in [0.1, 0.15) is 19.8 Å². The van der Waals surface area contributed by atoms with Gasteiger partial charge in [0.25, 0.3) is 0 Å². The monoisotopic (exact) mass is 300 g/mol. The highest BCUT2D eigenvalue weighted by Gasteiger charge is 2.29. The molecule has 1 aromatic carbocycles. The number of hydrogen-bond donors (Lipinski definition) is 2. The molecule has 19 heavy (non-hydrogen) atoms. The van der Waals surface area contributed by atoms with Crippen LogP contribution < -0.4 is 10.0 Å². The number of benzene rings is 1. The molecule has 1 aliphatic rings. The Labute approximate surface area is 119 Å². The molecule has 1 fully saturated rings. The molecule has 1 unspecified atom stereocenters. The molecule has 0 amide bonds. The minimum absolute atomic E-state index is 0.205. The van der Waals surface area contributed by atoms with Gasteiger partial charge in [0, 0.05) is 11.3 Å². The second-order valence-corrected chi connectivity index (χ2v) is 8.50. The molecule has 1 saturated heterocycles. The molecule has 4 nitrogen and oxygen atoms in total. The van der Waals surface area contributed by atoms with Crippen molar-refractivity contribution in [1.29, 1.82) is 0 Å². The molecule has 6 heteroatoms. The molecule has 1 atom stereocenters. The molecule has 0 aromatic heterocycles. The van der Waals surface area contributed by atoms with Gasteiger partial charge >= 0.3 is 0 Å². The summed E-state index contributed by atoms with van der Waals surface area (Å²) in [6.45, 7) is 3.01. The van der Waals surface area contributed by atoms with Gasteiger partial charge in [-0.25, -0.2) is 13.1 Å². The highest BCUT2D eigenvalue weighted by Crippen LogP contribution is 2.38. The maximum Gasteiger partial charge on any atom is 0.242 e. The molecule has 2 N–H and O–H groups in total. The second kappa shape index (κ2) is 5.73. The smallest absolute Gasteiger partial charge is 0.242 e. The van der Waals surface area contributed by atoms with Crippen LogP contribution in [0, 0.1) is 0 Å². The van der Waals surface area contributed by atoms with Crippen LogP contribution in [0.4, 0.5) is 5.69 Å². The van der Waals surface area contributed by atoms with Crippen LogP contribution in [0.2, 0.25) is 0 Å². The molecular formula is C13H20N2O2S2. The lowest BCUT2D eigenvalue weighted by molar-refractivity contribution is 0.588. The average molecular weight is 300 g/mol. The van der Waals surface area contributed by atoms with E-state index in [1.807, 2.05) is 23.9 Å². The van der Waals surface area contributed by atoms with Gasteiger partial charge in [-0.15, -0.1) is 0 Å². The SMILES string of the molecule is CNS(=O)(=O)c1ccccc1NCC1(C)CCCS1. The van der Waals surface area contributed by atoms with Crippen LogP contribution in [-0.2, 0) is 10.0 Å². The number of nitrogens with one attached hydrogen (secondary N) is 2. The van der Waals surface area contributed by atoms with Gasteiger partial charge in [0.15, 0.2) is 0 Å². The Morgan fingerprint density at radius 3 is 2.74 bits per heavy atom. The van der Waals surface area contributed by atoms with Crippen LogP contribution in [0.25, 0.3) is 0 Å². The summed E-state index contributed by atoms with van der Waals surface area (Å²) in [5.41, 5.74) is 0.672. The van der Waals surface area contributed by atoms with Crippen molar-refractivity contribution in [2.75, 3.05) is 24.7 Å². The molecule has 106 valence electrons. The van der Waals surface area contributed by atoms with E-state index in [9.17, 15) is 8.42 Å². The Morgan fingerprint density at radius 2 is 2.11 bits per heavy atom. The highest BCUT2D eigenvalue weighted by atomic mass is 32.2. The van der Waals surface area contributed by atoms with Crippen molar-refractivity contribution in [3.8, 4) is 0 Å². The van der Waals surface area contributed by atoms with E-state index in [1.54, 1.807) is 12.1 Å². The first-order valence-corrected chi connectivity index (χ1v) is 8.84. The third kappa shape index (κ3) is 3.43. The van der Waals surface area contributed by atoms with Gasteiger partial charge in [0.2, 0.25) is 10.0 Å². The van der Waals surface area contributed by atoms with Crippen molar-refractivity contribution < 1.29 is 8.42 Å². The average Bonchev–Trinajstić information content (AvgIpc) is 2.84. The van der Waals surface area contributed by atoms with Crippen LogP contribution in [0.3, 0.4) is 0 Å². The van der Waals surface area contributed by atoms with E-state index in [0.29, 0.717) is 10.6 Å². The minimum Gasteiger partial charge on any atom is -0.383 e. The van der Waals surface area contributed by atoms with E-state index in [0.717, 1.165) is 6.54 Å². The Hall–Kier alpha value is -0.720. The Morgan fingerprint density at radius 1 is 1.37 bits per heavy atom. The summed E-state index contributed by atoms with van der Waals surface area (Å²) in [4.78, 5) is 0.309. The molecule has 2 rings (SSSR count). The van der Waals surface area contributed by atoms with Gasteiger partial charge < -0.3 is 5.32 Å². The zero-order valence-electron chi connectivity index (χ0n) is 11.3. The Bertz CT molecular complexity index is 537. The lowest BCUT2D eigenvalue weighted by Crippen LogP contribution is -2.28. The number of anilines is 1. The summed E-state index contributed by atoms with van der Waals surface area (Å²) >= 11 is 1.96. The fourth-order valence-corrected chi connectivity index (χ4v) is 4.37. The molecule has 1 aliphatic heterocycles. The molecule has 0 saturated carbocycles. The normalized spacial score (nSPS) is 23.5. The van der Waals surface area contributed by atoms with E-state index in [-0.39, 0.29) is 4.75 Å². The fourth-order valence-electron chi connectivity index (χ4n) is 2.22. The number of hydrogen-bond acceptors (Lipinski definition) is 4. The summed E-state index contributed by atoms with van der Waals surface area (Å²) in [5, 5.41) is 3.30. The molecule has 0 spiro atoms. The fraction of sp³-hybridized carbons (Fsp3) is 0.538. The molecule has 1 aromatic rings. The van der Waals surface area contributed by atoms with E-state index in [1.165, 1.54) is 25.6 Å². The number of sulfonamides is 1. The molecule has 0 radical (unpaired) electrons. The minimum atomic E-state index is -3.41. The van der Waals surface area contributed by atoms with Crippen molar-refractivity contribution in [1.82, 2.24) is 4.72 Å². The number of rotatable bonds is 5. The summed E-state index contributed by atoms with van der Waals surface area (Å²) in [6.07, 6.45) is 2.41. The van der Waals surface area contributed by atoms with E-state index < -0.39 is 10.0 Å². The standard InChI is InChI=1S/C13H20N2O2S2/c1-13(8-5-9-18-13)10-15-11-6-3-4-7-12(11)19(16,17)14-2/h3-4,6-7,14-15H,5,8-10H2,1-2H3. The topological polar surface area (TPSA) is 58.2 Å². The van der Waals surface area contributed by atoms with Crippen molar-refractivity contribution in [2.24, 2.45) is 0 Å². The molecular weight excluding hydrogens is 280 g/mol. The van der Waals surface area contributed by atoms with Crippen LogP contribution in [0.15, 0.2) is 29.2 Å². The third-order valence-corrected chi connectivity index (χ3v) is 6.41. The lowest BCUT2D eigenvalue weighted by atomic mass is 10.1. The summed E-state index contributed by atoms with van der Waals surface area (Å²) < 4.78 is 26.5. The third-order valence-electron chi connectivity index (χ3n) is 3.40. The van der Waals surface area contributed by atoms with Crippen molar-refractivity contribution >= 4 is 27.5 Å². The van der Waals surface area contributed by atoms with Gasteiger partial charge in [0.1, 0.15) is 4.90 Å².